The molecule has 4 aromatic rings. The van der Waals surface area contributed by atoms with Gasteiger partial charge in [0.25, 0.3) is 0 Å². The number of H-pyrrole nitrogens is 1. The number of rotatable bonds is 9. The Morgan fingerprint density at radius 2 is 2.14 bits per heavy atom. The molecule has 1 aromatic carbocycles. The second-order valence-electron chi connectivity index (χ2n) is 8.68. The highest BCUT2D eigenvalue weighted by Gasteiger charge is 2.21. The van der Waals surface area contributed by atoms with Crippen LogP contribution in [0.4, 0.5) is 5.82 Å². The maximum absolute atomic E-state index is 11.6. The molecule has 3 aromatic heterocycles. The summed E-state index contributed by atoms with van der Waals surface area (Å²) in [5, 5.41) is 8.25. The van der Waals surface area contributed by atoms with Crippen molar-refractivity contribution in [3.8, 4) is 11.4 Å². The summed E-state index contributed by atoms with van der Waals surface area (Å²) in [5.74, 6) is 1.54. The minimum atomic E-state index is -0.131. The molecule has 184 valence electrons. The number of anilines is 1. The van der Waals surface area contributed by atoms with Gasteiger partial charge in [0.1, 0.15) is 0 Å². The first kappa shape index (κ1) is 23.7. The van der Waals surface area contributed by atoms with E-state index in [9.17, 15) is 4.79 Å². The van der Waals surface area contributed by atoms with Gasteiger partial charge >= 0.3 is 5.97 Å². The fraction of sp³-hybridized carbons (Fsp3) is 0.440. The molecule has 1 aliphatic heterocycles. The quantitative estimate of drug-likeness (QED) is 0.351. The largest absolute Gasteiger partial charge is 0.466 e. The summed E-state index contributed by atoms with van der Waals surface area (Å²) in [6.07, 6.45) is 3.05. The molecule has 1 fully saturated rings. The van der Waals surface area contributed by atoms with Crippen molar-refractivity contribution in [2.24, 2.45) is 0 Å². The summed E-state index contributed by atoms with van der Waals surface area (Å²) in [5.41, 5.74) is 2.89. The van der Waals surface area contributed by atoms with E-state index >= 15 is 0 Å². The minimum absolute atomic E-state index is 0.131. The molecular weight excluding hydrogens is 464 g/mol. The highest BCUT2D eigenvalue weighted by molar-refractivity contribution is 7.19. The Labute approximate surface area is 208 Å². The van der Waals surface area contributed by atoms with Crippen LogP contribution in [0.2, 0.25) is 0 Å². The second kappa shape index (κ2) is 10.7. The molecule has 5 rings (SSSR count). The third kappa shape index (κ3) is 5.29. The van der Waals surface area contributed by atoms with Gasteiger partial charge in [0.05, 0.1) is 41.8 Å². The van der Waals surface area contributed by atoms with E-state index in [1.165, 1.54) is 4.88 Å². The summed E-state index contributed by atoms with van der Waals surface area (Å²) in [6, 6.07) is 8.23. The number of hydrogen-bond donors (Lipinski definition) is 1. The summed E-state index contributed by atoms with van der Waals surface area (Å²) in [4.78, 5) is 27.4. The van der Waals surface area contributed by atoms with Crippen LogP contribution in [0.5, 0.6) is 0 Å². The zero-order valence-corrected chi connectivity index (χ0v) is 20.9. The number of benzene rings is 1. The van der Waals surface area contributed by atoms with Crippen LogP contribution < -0.4 is 4.90 Å². The van der Waals surface area contributed by atoms with E-state index in [-0.39, 0.29) is 5.97 Å². The first-order valence-corrected chi connectivity index (χ1v) is 12.8. The lowest BCUT2D eigenvalue weighted by Gasteiger charge is -2.28. The van der Waals surface area contributed by atoms with Gasteiger partial charge in [-0.05, 0) is 39.1 Å². The molecule has 0 unspecified atom stereocenters. The molecule has 0 spiro atoms. The van der Waals surface area contributed by atoms with E-state index in [1.807, 2.05) is 31.3 Å². The molecule has 0 amide bonds. The zero-order chi connectivity index (χ0) is 24.2. The number of carbonyl (C=O) groups excluding carboxylic acids is 1. The van der Waals surface area contributed by atoms with Gasteiger partial charge in [-0.1, -0.05) is 12.1 Å². The van der Waals surface area contributed by atoms with Crippen molar-refractivity contribution in [2.45, 2.75) is 26.3 Å². The molecule has 1 aliphatic rings. The maximum Gasteiger partial charge on any atom is 0.305 e. The van der Waals surface area contributed by atoms with Gasteiger partial charge in [0.15, 0.2) is 11.6 Å². The van der Waals surface area contributed by atoms with Crippen LogP contribution in [0.15, 0.2) is 30.5 Å². The second-order valence-corrected chi connectivity index (χ2v) is 9.82. The number of aromatic amines is 1. The van der Waals surface area contributed by atoms with Crippen molar-refractivity contribution in [1.82, 2.24) is 25.1 Å². The lowest BCUT2D eigenvalue weighted by atomic mass is 10.1. The molecule has 4 heterocycles. The van der Waals surface area contributed by atoms with E-state index in [4.69, 9.17) is 19.4 Å². The highest BCUT2D eigenvalue weighted by Crippen LogP contribution is 2.36. The van der Waals surface area contributed by atoms with Gasteiger partial charge in [-0.2, -0.15) is 5.10 Å². The van der Waals surface area contributed by atoms with Crippen LogP contribution in [-0.4, -0.2) is 77.5 Å². The van der Waals surface area contributed by atoms with Gasteiger partial charge < -0.3 is 19.3 Å². The smallest absolute Gasteiger partial charge is 0.305 e. The molecule has 9 nitrogen and oxygen atoms in total. The maximum atomic E-state index is 11.6. The summed E-state index contributed by atoms with van der Waals surface area (Å²) in [6.45, 7) is 6.88. The fourth-order valence-corrected chi connectivity index (χ4v) is 5.58. The molecule has 0 atom stereocenters. The van der Waals surface area contributed by atoms with Crippen molar-refractivity contribution in [3.05, 3.63) is 35.3 Å². The van der Waals surface area contributed by atoms with Crippen molar-refractivity contribution in [1.29, 1.82) is 0 Å². The summed E-state index contributed by atoms with van der Waals surface area (Å²) < 4.78 is 11.7. The van der Waals surface area contributed by atoms with Gasteiger partial charge in [-0.25, -0.2) is 9.97 Å². The van der Waals surface area contributed by atoms with Crippen molar-refractivity contribution < 1.29 is 14.3 Å². The SMILES string of the molecule is CCOC(=O)CCCN(C)Cc1cc2nc(-c3cccc4[nH]ncc34)nc(N3CCOCC3)c2s1. The average Bonchev–Trinajstić information content (AvgIpc) is 3.50. The number of hydrogen-bond acceptors (Lipinski definition) is 9. The summed E-state index contributed by atoms with van der Waals surface area (Å²) >= 11 is 1.74. The lowest BCUT2D eigenvalue weighted by Crippen LogP contribution is -2.36. The van der Waals surface area contributed by atoms with Gasteiger partial charge in [-0.15, -0.1) is 11.3 Å². The first-order valence-electron chi connectivity index (χ1n) is 12.0. The van der Waals surface area contributed by atoms with Crippen LogP contribution in [0.1, 0.15) is 24.6 Å². The summed E-state index contributed by atoms with van der Waals surface area (Å²) in [7, 11) is 2.08. The fourth-order valence-electron chi connectivity index (χ4n) is 4.39. The van der Waals surface area contributed by atoms with Gasteiger partial charge in [0.2, 0.25) is 0 Å². The normalized spacial score (nSPS) is 14.3. The van der Waals surface area contributed by atoms with Gasteiger partial charge in [0, 0.05) is 41.9 Å². The van der Waals surface area contributed by atoms with Gasteiger partial charge in [-0.3, -0.25) is 9.89 Å². The van der Waals surface area contributed by atoms with Crippen LogP contribution in [0.3, 0.4) is 0 Å². The number of aromatic nitrogens is 4. The highest BCUT2D eigenvalue weighted by atomic mass is 32.1. The topological polar surface area (TPSA) is 96.5 Å². The van der Waals surface area contributed by atoms with Crippen molar-refractivity contribution >= 4 is 44.2 Å². The molecule has 35 heavy (non-hydrogen) atoms. The van der Waals surface area contributed by atoms with E-state index in [2.05, 4.69) is 33.1 Å². The Bertz CT molecular complexity index is 1310. The Kier molecular flexibility index (Phi) is 7.21. The molecule has 1 saturated heterocycles. The number of thiophene rings is 1. The standard InChI is InChI=1S/C25H30N6O3S/c1-3-34-22(32)8-5-9-30(2)16-17-14-21-23(35-17)25(31-10-12-33-13-11-31)28-24(27-21)18-6-4-7-20-19(18)15-26-29-20/h4,6-7,14-15H,3,5,8-13,16H2,1-2H3,(H,26,29). The van der Waals surface area contributed by atoms with Crippen LogP contribution >= 0.6 is 11.3 Å². The number of ether oxygens (including phenoxy) is 2. The molecular formula is C25H30N6O3S. The lowest BCUT2D eigenvalue weighted by molar-refractivity contribution is -0.143. The third-order valence-corrected chi connectivity index (χ3v) is 7.20. The Morgan fingerprint density at radius 1 is 1.29 bits per heavy atom. The van der Waals surface area contributed by atoms with Crippen LogP contribution in [0, 0.1) is 0 Å². The Morgan fingerprint density at radius 3 is 2.97 bits per heavy atom. The monoisotopic (exact) mass is 494 g/mol. The molecule has 0 aliphatic carbocycles. The van der Waals surface area contributed by atoms with E-state index in [0.29, 0.717) is 32.1 Å². The first-order chi connectivity index (χ1) is 17.1. The predicted molar refractivity (Wildman–Crippen MR) is 138 cm³/mol. The van der Waals surface area contributed by atoms with E-state index in [0.717, 1.165) is 65.1 Å². The number of nitrogens with zero attached hydrogens (tertiary/aromatic N) is 5. The Balaban J connectivity index is 1.44. The Hall–Kier alpha value is -3.08. The third-order valence-electron chi connectivity index (χ3n) is 6.09. The number of carbonyl (C=O) groups is 1. The molecule has 1 N–H and O–H groups in total. The molecule has 0 radical (unpaired) electrons. The van der Waals surface area contributed by atoms with Crippen molar-refractivity contribution in [3.63, 3.8) is 0 Å². The number of fused-ring (bicyclic) bond motifs is 2. The van der Waals surface area contributed by atoms with Crippen molar-refractivity contribution in [2.75, 3.05) is 51.4 Å². The predicted octanol–water partition coefficient (Wildman–Crippen LogP) is 3.85. The average molecular weight is 495 g/mol. The van der Waals surface area contributed by atoms with E-state index < -0.39 is 0 Å². The van der Waals surface area contributed by atoms with E-state index in [1.54, 1.807) is 11.3 Å². The van der Waals surface area contributed by atoms with Crippen LogP contribution in [0.25, 0.3) is 32.5 Å². The minimum Gasteiger partial charge on any atom is -0.466 e. The number of morpholine rings is 1. The molecule has 0 saturated carbocycles. The molecule has 10 heteroatoms. The van der Waals surface area contributed by atoms with Crippen LogP contribution in [-0.2, 0) is 20.8 Å². The zero-order valence-electron chi connectivity index (χ0n) is 20.1. The molecule has 0 bridgehead atoms. The number of esters is 1. The number of nitrogens with one attached hydrogen (secondary N) is 1.